The smallest absolute Gasteiger partial charge is 0.297 e. The summed E-state index contributed by atoms with van der Waals surface area (Å²) in [5.74, 6) is 0.0433. The minimum Gasteiger partial charge on any atom is -0.450 e. The molecule has 1 aliphatic heterocycles. The van der Waals surface area contributed by atoms with Gasteiger partial charge in [0.25, 0.3) is 5.91 Å². The topological polar surface area (TPSA) is 76.3 Å². The van der Waals surface area contributed by atoms with E-state index in [1.54, 1.807) is 18.2 Å². The molecule has 0 saturated heterocycles. The zero-order valence-electron chi connectivity index (χ0n) is 18.7. The number of nitrogens with zero attached hydrogens (tertiary/aromatic N) is 3. The van der Waals surface area contributed by atoms with Crippen molar-refractivity contribution >= 4 is 44.9 Å². The summed E-state index contributed by atoms with van der Waals surface area (Å²) in [7, 11) is 0. The lowest BCUT2D eigenvalue weighted by atomic mass is 9.97. The Balaban J connectivity index is 1.76. The molecule has 2 aromatic carbocycles. The normalized spacial score (nSPS) is 15.6. The van der Waals surface area contributed by atoms with Gasteiger partial charge in [-0.25, -0.2) is 0 Å². The second-order valence-electron chi connectivity index (χ2n) is 8.82. The Morgan fingerprint density at radius 3 is 2.61 bits per heavy atom. The summed E-state index contributed by atoms with van der Waals surface area (Å²) in [5.41, 5.74) is 3.17. The van der Waals surface area contributed by atoms with Crippen molar-refractivity contribution in [3.05, 3.63) is 84.7 Å². The Morgan fingerprint density at radius 1 is 1.12 bits per heavy atom. The Kier molecular flexibility index (Phi) is 5.34. The first-order valence-electron chi connectivity index (χ1n) is 10.7. The molecule has 8 heteroatoms. The number of aryl methyl sites for hydroxylation is 2. The van der Waals surface area contributed by atoms with Crippen LogP contribution in [-0.2, 0) is 6.42 Å². The molecular weight excluding hydrogens is 458 g/mol. The van der Waals surface area contributed by atoms with Crippen LogP contribution in [-0.4, -0.2) is 16.1 Å². The van der Waals surface area contributed by atoms with Gasteiger partial charge >= 0.3 is 0 Å². The van der Waals surface area contributed by atoms with Crippen molar-refractivity contribution in [2.75, 3.05) is 4.90 Å². The van der Waals surface area contributed by atoms with Crippen molar-refractivity contribution in [2.24, 2.45) is 5.92 Å². The number of carbonyl (C=O) groups is 1. The molecular formula is C25H22ClN3O3S. The largest absolute Gasteiger partial charge is 0.450 e. The van der Waals surface area contributed by atoms with E-state index in [0.29, 0.717) is 38.2 Å². The van der Waals surface area contributed by atoms with E-state index in [-0.39, 0.29) is 11.2 Å². The molecule has 0 saturated carbocycles. The molecule has 0 fully saturated rings. The van der Waals surface area contributed by atoms with E-state index in [2.05, 4.69) is 24.0 Å². The molecule has 1 unspecified atom stereocenters. The molecule has 6 nitrogen and oxygen atoms in total. The molecule has 0 spiro atoms. The fourth-order valence-corrected chi connectivity index (χ4v) is 5.47. The molecule has 4 aromatic rings. The van der Waals surface area contributed by atoms with Gasteiger partial charge in [0.1, 0.15) is 10.6 Å². The van der Waals surface area contributed by atoms with Crippen LogP contribution < -0.4 is 10.3 Å². The van der Waals surface area contributed by atoms with Gasteiger partial charge in [0, 0.05) is 11.4 Å². The Hall–Kier alpha value is -3.03. The van der Waals surface area contributed by atoms with Gasteiger partial charge in [0.15, 0.2) is 5.43 Å². The van der Waals surface area contributed by atoms with E-state index in [9.17, 15) is 9.59 Å². The summed E-state index contributed by atoms with van der Waals surface area (Å²) >= 11 is 7.64. The van der Waals surface area contributed by atoms with Crippen molar-refractivity contribution in [2.45, 2.75) is 40.2 Å². The number of aromatic nitrogens is 2. The summed E-state index contributed by atoms with van der Waals surface area (Å²) in [4.78, 5) is 28.9. The van der Waals surface area contributed by atoms with Gasteiger partial charge in [-0.05, 0) is 60.7 Å². The Bertz CT molecular complexity index is 1470. The first-order valence-corrected chi connectivity index (χ1v) is 11.9. The predicted molar refractivity (Wildman–Crippen MR) is 131 cm³/mol. The van der Waals surface area contributed by atoms with Crippen LogP contribution in [0, 0.1) is 19.8 Å². The first kappa shape index (κ1) is 21.8. The number of hydrogen-bond acceptors (Lipinski definition) is 6. The molecule has 5 rings (SSSR count). The fourth-order valence-electron chi connectivity index (χ4n) is 4.19. The maximum atomic E-state index is 13.7. The van der Waals surface area contributed by atoms with Crippen LogP contribution >= 0.6 is 22.9 Å². The lowest BCUT2D eigenvalue weighted by Gasteiger charge is -2.22. The van der Waals surface area contributed by atoms with Crippen LogP contribution in [0.4, 0.5) is 5.13 Å². The van der Waals surface area contributed by atoms with E-state index >= 15 is 0 Å². The average Bonchev–Trinajstić information content (AvgIpc) is 3.31. The second-order valence-corrected chi connectivity index (χ2v) is 10.3. The van der Waals surface area contributed by atoms with Crippen molar-refractivity contribution < 1.29 is 9.21 Å². The van der Waals surface area contributed by atoms with Crippen LogP contribution in [0.1, 0.15) is 57.7 Å². The number of hydrogen-bond donors (Lipinski definition) is 0. The lowest BCUT2D eigenvalue weighted by molar-refractivity contribution is 0.0970. The number of benzene rings is 2. The number of fused-ring (bicyclic) bond motifs is 2. The molecule has 0 N–H and O–H groups in total. The summed E-state index contributed by atoms with van der Waals surface area (Å²) in [5, 5.41) is 10.8. The van der Waals surface area contributed by atoms with Crippen molar-refractivity contribution in [3.63, 3.8) is 0 Å². The molecule has 0 bridgehead atoms. The summed E-state index contributed by atoms with van der Waals surface area (Å²) in [6, 6.07) is 10.1. The molecule has 1 atom stereocenters. The number of rotatable bonds is 4. The fraction of sp³-hybridized carbons (Fsp3) is 0.280. The maximum Gasteiger partial charge on any atom is 0.297 e. The third-order valence-corrected chi connectivity index (χ3v) is 7.08. The minimum atomic E-state index is -0.701. The highest BCUT2D eigenvalue weighted by Gasteiger charge is 2.45. The van der Waals surface area contributed by atoms with Crippen LogP contribution in [0.3, 0.4) is 0 Å². The second kappa shape index (κ2) is 8.08. The molecule has 0 aliphatic carbocycles. The van der Waals surface area contributed by atoms with E-state index < -0.39 is 11.9 Å². The molecule has 3 heterocycles. The molecule has 2 aromatic heterocycles. The van der Waals surface area contributed by atoms with Crippen LogP contribution in [0.2, 0.25) is 5.02 Å². The summed E-state index contributed by atoms with van der Waals surface area (Å²) in [6.45, 7) is 8.10. The first-order chi connectivity index (χ1) is 15.7. The van der Waals surface area contributed by atoms with Gasteiger partial charge in [-0.3, -0.25) is 14.5 Å². The Labute approximate surface area is 199 Å². The van der Waals surface area contributed by atoms with E-state index in [1.165, 1.54) is 16.2 Å². The Morgan fingerprint density at radius 2 is 1.88 bits per heavy atom. The van der Waals surface area contributed by atoms with Gasteiger partial charge in [0.2, 0.25) is 10.9 Å². The van der Waals surface area contributed by atoms with Crippen molar-refractivity contribution in [1.29, 1.82) is 0 Å². The third-order valence-electron chi connectivity index (χ3n) is 5.90. The maximum absolute atomic E-state index is 13.7. The molecule has 1 amide bonds. The quantitative estimate of drug-likeness (QED) is 0.366. The van der Waals surface area contributed by atoms with Gasteiger partial charge in [-0.2, -0.15) is 0 Å². The number of halogens is 1. The van der Waals surface area contributed by atoms with E-state index in [0.717, 1.165) is 22.6 Å². The van der Waals surface area contributed by atoms with Crippen molar-refractivity contribution in [3.8, 4) is 0 Å². The predicted octanol–water partition coefficient (Wildman–Crippen LogP) is 5.86. The van der Waals surface area contributed by atoms with E-state index in [1.807, 2.05) is 32.0 Å². The average molecular weight is 480 g/mol. The molecule has 0 radical (unpaired) electrons. The van der Waals surface area contributed by atoms with Gasteiger partial charge in [-0.1, -0.05) is 48.9 Å². The summed E-state index contributed by atoms with van der Waals surface area (Å²) < 4.78 is 6.07. The van der Waals surface area contributed by atoms with Crippen LogP contribution in [0.15, 0.2) is 45.6 Å². The van der Waals surface area contributed by atoms with Gasteiger partial charge in [0.05, 0.1) is 17.0 Å². The highest BCUT2D eigenvalue weighted by Crippen LogP contribution is 2.42. The monoisotopic (exact) mass is 479 g/mol. The standard InChI is InChI=1S/C25H22ClN3O3S/c1-12(2)8-19-27-28-25(33-19)29-21(15-6-5-7-16(26)11-15)20-22(30)17-9-13(3)14(4)10-18(17)32-23(20)24(29)31/h5-7,9-12,21H,8H2,1-4H3. The molecule has 1 aliphatic rings. The lowest BCUT2D eigenvalue weighted by Crippen LogP contribution is -2.29. The zero-order valence-corrected chi connectivity index (χ0v) is 20.3. The van der Waals surface area contributed by atoms with E-state index in [4.69, 9.17) is 16.0 Å². The minimum absolute atomic E-state index is 0.0429. The summed E-state index contributed by atoms with van der Waals surface area (Å²) in [6.07, 6.45) is 0.758. The SMILES string of the molecule is Cc1cc2oc3c(c(=O)c2cc1C)C(c1cccc(Cl)c1)N(c1nnc(CC(C)C)s1)C3=O. The third kappa shape index (κ3) is 3.65. The van der Waals surface area contributed by atoms with Crippen molar-refractivity contribution in [1.82, 2.24) is 10.2 Å². The van der Waals surface area contributed by atoms with Crippen LogP contribution in [0.25, 0.3) is 11.0 Å². The number of amides is 1. The zero-order chi connectivity index (χ0) is 23.4. The highest BCUT2D eigenvalue weighted by molar-refractivity contribution is 7.15. The highest BCUT2D eigenvalue weighted by atomic mass is 35.5. The van der Waals surface area contributed by atoms with Gasteiger partial charge in [-0.15, -0.1) is 10.2 Å². The molecule has 33 heavy (non-hydrogen) atoms. The van der Waals surface area contributed by atoms with Gasteiger partial charge < -0.3 is 4.42 Å². The number of anilines is 1. The molecule has 168 valence electrons. The number of carbonyl (C=O) groups excluding carboxylic acids is 1. The van der Waals surface area contributed by atoms with Crippen LogP contribution in [0.5, 0.6) is 0 Å².